The lowest BCUT2D eigenvalue weighted by molar-refractivity contribution is -0.387. The van der Waals surface area contributed by atoms with Crippen molar-refractivity contribution in [1.82, 2.24) is 9.88 Å². The van der Waals surface area contributed by atoms with E-state index in [4.69, 9.17) is 0 Å². The highest BCUT2D eigenvalue weighted by atomic mass is 32.2. The number of carbonyl (C=O) groups is 1. The molecule has 0 unspecified atom stereocenters. The van der Waals surface area contributed by atoms with Crippen molar-refractivity contribution in [2.75, 3.05) is 31.1 Å². The van der Waals surface area contributed by atoms with Crippen LogP contribution in [0.5, 0.6) is 0 Å². The molecule has 4 rings (SSSR count). The lowest BCUT2D eigenvalue weighted by Crippen LogP contribution is -2.48. The van der Waals surface area contributed by atoms with Crippen LogP contribution in [0.4, 0.5) is 11.4 Å². The van der Waals surface area contributed by atoms with Crippen molar-refractivity contribution in [1.29, 1.82) is 0 Å². The predicted molar refractivity (Wildman–Crippen MR) is 121 cm³/mol. The first kappa shape index (κ1) is 20.9. The summed E-state index contributed by atoms with van der Waals surface area (Å²) in [5, 5.41) is 11.6. The number of nitro benzene ring substituents is 1. The van der Waals surface area contributed by atoms with E-state index in [0.717, 1.165) is 24.3 Å². The molecule has 7 nitrogen and oxygen atoms in total. The third kappa shape index (κ3) is 5.03. The van der Waals surface area contributed by atoms with Crippen molar-refractivity contribution >= 4 is 29.0 Å². The number of aromatic nitrogens is 1. The van der Waals surface area contributed by atoms with Crippen molar-refractivity contribution in [3.8, 4) is 0 Å². The van der Waals surface area contributed by atoms with E-state index in [-0.39, 0.29) is 11.6 Å². The lowest BCUT2D eigenvalue weighted by Gasteiger charge is -2.36. The molecular weight excluding hydrogens is 412 g/mol. The van der Waals surface area contributed by atoms with Gasteiger partial charge in [0.1, 0.15) is 0 Å². The fraction of sp³-hybridized carbons (Fsp3) is 0.217. The van der Waals surface area contributed by atoms with Gasteiger partial charge in [0, 0.05) is 61.6 Å². The smallest absolute Gasteiger partial charge is 0.283 e. The zero-order valence-electron chi connectivity index (χ0n) is 16.9. The zero-order chi connectivity index (χ0) is 21.6. The third-order valence-corrected chi connectivity index (χ3v) is 6.37. The molecule has 2 heterocycles. The van der Waals surface area contributed by atoms with Crippen LogP contribution >= 0.6 is 11.8 Å². The second-order valence-corrected chi connectivity index (χ2v) is 8.22. The Morgan fingerprint density at radius 2 is 1.71 bits per heavy atom. The van der Waals surface area contributed by atoms with Crippen molar-refractivity contribution < 1.29 is 9.72 Å². The number of hydrogen-bond donors (Lipinski definition) is 0. The van der Waals surface area contributed by atoms with Gasteiger partial charge in [0.15, 0.2) is 0 Å². The minimum absolute atomic E-state index is 0.0344. The Balaban J connectivity index is 1.43. The first-order chi connectivity index (χ1) is 15.1. The van der Waals surface area contributed by atoms with Crippen LogP contribution in [0.3, 0.4) is 0 Å². The van der Waals surface area contributed by atoms with Gasteiger partial charge < -0.3 is 9.80 Å². The Morgan fingerprint density at radius 1 is 1.00 bits per heavy atom. The van der Waals surface area contributed by atoms with Gasteiger partial charge in [0.05, 0.1) is 9.82 Å². The van der Waals surface area contributed by atoms with Crippen LogP contribution in [0.15, 0.2) is 78.0 Å². The van der Waals surface area contributed by atoms with Crippen LogP contribution in [-0.4, -0.2) is 46.9 Å². The van der Waals surface area contributed by atoms with Crippen molar-refractivity contribution in [2.45, 2.75) is 10.6 Å². The van der Waals surface area contributed by atoms with Crippen LogP contribution in [0.2, 0.25) is 0 Å². The number of nitro groups is 1. The number of hydrogen-bond acceptors (Lipinski definition) is 6. The first-order valence-electron chi connectivity index (χ1n) is 10.0. The predicted octanol–water partition coefficient (Wildman–Crippen LogP) is 4.24. The molecule has 3 aromatic rings. The minimum Gasteiger partial charge on any atom is -0.368 e. The quantitative estimate of drug-likeness (QED) is 0.328. The van der Waals surface area contributed by atoms with E-state index in [0.29, 0.717) is 29.3 Å². The fourth-order valence-electron chi connectivity index (χ4n) is 3.54. The summed E-state index contributed by atoms with van der Waals surface area (Å²) in [6.45, 7) is 2.63. The summed E-state index contributed by atoms with van der Waals surface area (Å²) in [7, 11) is 0. The Bertz CT molecular complexity index is 1050. The number of carbonyl (C=O) groups excluding carboxylic acids is 1. The molecule has 1 fully saturated rings. The van der Waals surface area contributed by atoms with Gasteiger partial charge in [-0.2, -0.15) is 0 Å². The second kappa shape index (κ2) is 9.61. The summed E-state index contributed by atoms with van der Waals surface area (Å²) in [6.07, 6.45) is 3.40. The molecule has 0 atom stereocenters. The van der Waals surface area contributed by atoms with Crippen LogP contribution in [0.1, 0.15) is 15.9 Å². The molecule has 1 aliphatic heterocycles. The van der Waals surface area contributed by atoms with Crippen LogP contribution < -0.4 is 4.90 Å². The minimum atomic E-state index is -0.418. The first-order valence-corrected chi connectivity index (χ1v) is 11.0. The number of amides is 1. The van der Waals surface area contributed by atoms with Crippen LogP contribution in [0, 0.1) is 10.1 Å². The Hall–Kier alpha value is -3.39. The number of thioether (sulfide) groups is 1. The molecule has 0 N–H and O–H groups in total. The lowest BCUT2D eigenvalue weighted by atomic mass is 10.1. The van der Waals surface area contributed by atoms with E-state index in [9.17, 15) is 14.9 Å². The van der Waals surface area contributed by atoms with Gasteiger partial charge in [-0.1, -0.05) is 18.2 Å². The SMILES string of the molecule is O=C(c1ccc(SCc2ccncc2)c([N+](=O)[O-])c1)N1CCN(c2ccccc2)CC1. The number of piperazine rings is 1. The monoisotopic (exact) mass is 434 g/mol. The van der Waals surface area contributed by atoms with Crippen LogP contribution in [-0.2, 0) is 5.75 Å². The van der Waals surface area contributed by atoms with E-state index < -0.39 is 4.92 Å². The van der Waals surface area contributed by atoms with Crippen molar-refractivity contribution in [3.63, 3.8) is 0 Å². The Kier molecular flexibility index (Phi) is 6.47. The average Bonchev–Trinajstić information content (AvgIpc) is 2.83. The van der Waals surface area contributed by atoms with Gasteiger partial charge in [-0.05, 0) is 42.0 Å². The van der Waals surface area contributed by atoms with E-state index in [1.54, 1.807) is 29.4 Å². The highest BCUT2D eigenvalue weighted by Gasteiger charge is 2.25. The summed E-state index contributed by atoms with van der Waals surface area (Å²) in [4.78, 5) is 32.7. The molecule has 1 amide bonds. The van der Waals surface area contributed by atoms with Gasteiger partial charge in [0.25, 0.3) is 11.6 Å². The molecule has 0 aliphatic carbocycles. The number of pyridine rings is 1. The third-order valence-electron chi connectivity index (χ3n) is 5.23. The normalized spacial score (nSPS) is 13.8. The van der Waals surface area contributed by atoms with Crippen molar-refractivity contribution in [2.24, 2.45) is 0 Å². The molecular formula is C23H22N4O3S. The standard InChI is InChI=1S/C23H22N4O3S/c28-23(26-14-12-25(13-15-26)20-4-2-1-3-5-20)19-6-7-22(21(16-19)27(29)30)31-17-18-8-10-24-11-9-18/h1-11,16H,12-15,17H2. The maximum absolute atomic E-state index is 13.0. The largest absolute Gasteiger partial charge is 0.368 e. The number of benzene rings is 2. The van der Waals surface area contributed by atoms with E-state index in [1.165, 1.54) is 17.8 Å². The van der Waals surface area contributed by atoms with Gasteiger partial charge in [0.2, 0.25) is 0 Å². The molecule has 0 spiro atoms. The number of anilines is 1. The zero-order valence-corrected chi connectivity index (χ0v) is 17.7. The molecule has 0 saturated carbocycles. The Labute approximate surface area is 184 Å². The molecule has 1 aromatic heterocycles. The molecule has 1 aliphatic rings. The maximum atomic E-state index is 13.0. The Morgan fingerprint density at radius 3 is 2.39 bits per heavy atom. The van der Waals surface area contributed by atoms with E-state index in [2.05, 4.69) is 22.0 Å². The number of nitrogens with zero attached hydrogens (tertiary/aromatic N) is 4. The summed E-state index contributed by atoms with van der Waals surface area (Å²) in [6, 6.07) is 18.6. The summed E-state index contributed by atoms with van der Waals surface area (Å²) in [5.41, 5.74) is 2.49. The topological polar surface area (TPSA) is 79.6 Å². The highest BCUT2D eigenvalue weighted by Crippen LogP contribution is 2.32. The summed E-state index contributed by atoms with van der Waals surface area (Å²) in [5.74, 6) is 0.430. The van der Waals surface area contributed by atoms with Crippen LogP contribution in [0.25, 0.3) is 0 Å². The summed E-state index contributed by atoms with van der Waals surface area (Å²) < 4.78 is 0. The molecule has 158 valence electrons. The average molecular weight is 435 g/mol. The highest BCUT2D eigenvalue weighted by molar-refractivity contribution is 7.98. The number of para-hydroxylation sites is 1. The number of rotatable bonds is 6. The summed E-state index contributed by atoms with van der Waals surface area (Å²) >= 11 is 1.38. The fourth-order valence-corrected chi connectivity index (χ4v) is 4.50. The molecule has 0 bridgehead atoms. The van der Waals surface area contributed by atoms with Gasteiger partial charge in [-0.15, -0.1) is 11.8 Å². The van der Waals surface area contributed by atoms with Gasteiger partial charge in [-0.25, -0.2) is 0 Å². The molecule has 8 heteroatoms. The van der Waals surface area contributed by atoms with E-state index in [1.807, 2.05) is 30.3 Å². The molecule has 2 aromatic carbocycles. The van der Waals surface area contributed by atoms with Gasteiger partial charge in [-0.3, -0.25) is 19.9 Å². The second-order valence-electron chi connectivity index (χ2n) is 7.20. The maximum Gasteiger partial charge on any atom is 0.283 e. The van der Waals surface area contributed by atoms with E-state index >= 15 is 0 Å². The van der Waals surface area contributed by atoms with Gasteiger partial charge >= 0.3 is 0 Å². The van der Waals surface area contributed by atoms with Crippen molar-refractivity contribution in [3.05, 3.63) is 94.3 Å². The molecule has 0 radical (unpaired) electrons. The molecule has 31 heavy (non-hydrogen) atoms. The molecule has 1 saturated heterocycles.